The molecule has 1 aromatic carbocycles. The molecule has 0 radical (unpaired) electrons. The van der Waals surface area contributed by atoms with Crippen LogP contribution in [-0.4, -0.2) is 11.8 Å². The van der Waals surface area contributed by atoms with E-state index in [1.165, 1.54) is 6.07 Å². The van der Waals surface area contributed by atoms with Gasteiger partial charge < -0.3 is 11.5 Å². The van der Waals surface area contributed by atoms with E-state index in [2.05, 4.69) is 20.8 Å². The van der Waals surface area contributed by atoms with Crippen LogP contribution in [0.25, 0.3) is 0 Å². The van der Waals surface area contributed by atoms with Gasteiger partial charge in [0, 0.05) is 11.1 Å². The molecule has 0 heterocycles. The van der Waals surface area contributed by atoms with E-state index in [0.717, 1.165) is 5.56 Å². The fourth-order valence-corrected chi connectivity index (χ4v) is 1.70. The highest BCUT2D eigenvalue weighted by molar-refractivity contribution is 5.97. The maximum Gasteiger partial charge on any atom is 0.248 e. The van der Waals surface area contributed by atoms with E-state index < -0.39 is 11.8 Å². The van der Waals surface area contributed by atoms with Gasteiger partial charge in [-0.15, -0.1) is 0 Å². The summed E-state index contributed by atoms with van der Waals surface area (Å²) < 4.78 is 0. The standard InChI is InChI=1S/C13H18N2O2/c1-13(2,3)7-9-6-8(11(14)16)4-5-10(9)12(15)17/h4-6H,7H2,1-3H3,(H2,14,16)(H2,15,17). The van der Waals surface area contributed by atoms with Crippen LogP contribution < -0.4 is 11.5 Å². The maximum atomic E-state index is 11.3. The van der Waals surface area contributed by atoms with Crippen LogP contribution in [0, 0.1) is 5.41 Å². The van der Waals surface area contributed by atoms with Crippen molar-refractivity contribution in [2.45, 2.75) is 27.2 Å². The number of nitrogens with two attached hydrogens (primary N) is 2. The molecule has 0 aliphatic rings. The fraction of sp³-hybridized carbons (Fsp3) is 0.385. The summed E-state index contributed by atoms with van der Waals surface area (Å²) in [6, 6.07) is 4.73. The predicted molar refractivity (Wildman–Crippen MR) is 66.6 cm³/mol. The minimum atomic E-state index is -0.504. The van der Waals surface area contributed by atoms with E-state index >= 15 is 0 Å². The molecule has 0 fully saturated rings. The zero-order chi connectivity index (χ0) is 13.2. The molecule has 4 nitrogen and oxygen atoms in total. The molecule has 0 spiro atoms. The molecule has 1 rings (SSSR count). The Morgan fingerprint density at radius 1 is 1.12 bits per heavy atom. The van der Waals surface area contributed by atoms with Crippen molar-refractivity contribution in [3.63, 3.8) is 0 Å². The molecule has 0 bridgehead atoms. The van der Waals surface area contributed by atoms with Gasteiger partial charge in [-0.1, -0.05) is 20.8 Å². The summed E-state index contributed by atoms with van der Waals surface area (Å²) in [7, 11) is 0. The lowest BCUT2D eigenvalue weighted by atomic mass is 9.85. The average molecular weight is 234 g/mol. The van der Waals surface area contributed by atoms with Crippen LogP contribution in [0.5, 0.6) is 0 Å². The molecule has 4 N–H and O–H groups in total. The Labute approximate surface area is 101 Å². The van der Waals surface area contributed by atoms with E-state index in [4.69, 9.17) is 11.5 Å². The lowest BCUT2D eigenvalue weighted by Crippen LogP contribution is -2.19. The third-order valence-corrected chi connectivity index (χ3v) is 2.38. The van der Waals surface area contributed by atoms with Gasteiger partial charge in [-0.05, 0) is 35.6 Å². The van der Waals surface area contributed by atoms with Gasteiger partial charge in [-0.3, -0.25) is 9.59 Å². The van der Waals surface area contributed by atoms with Crippen molar-refractivity contribution >= 4 is 11.8 Å². The zero-order valence-corrected chi connectivity index (χ0v) is 10.4. The second kappa shape index (κ2) is 4.57. The third kappa shape index (κ3) is 3.59. The van der Waals surface area contributed by atoms with Crippen LogP contribution in [0.4, 0.5) is 0 Å². The van der Waals surface area contributed by atoms with Gasteiger partial charge in [0.2, 0.25) is 11.8 Å². The molecule has 0 aliphatic carbocycles. The number of primary amides is 2. The SMILES string of the molecule is CC(C)(C)Cc1cc(C(N)=O)ccc1C(N)=O. The first-order chi connectivity index (χ1) is 7.70. The molecule has 92 valence electrons. The largest absolute Gasteiger partial charge is 0.366 e. The summed E-state index contributed by atoms with van der Waals surface area (Å²) in [5.74, 6) is -0.989. The molecule has 17 heavy (non-hydrogen) atoms. The first-order valence-electron chi connectivity index (χ1n) is 5.43. The molecule has 0 aliphatic heterocycles. The van der Waals surface area contributed by atoms with Gasteiger partial charge in [-0.25, -0.2) is 0 Å². The highest BCUT2D eigenvalue weighted by Crippen LogP contribution is 2.23. The van der Waals surface area contributed by atoms with Crippen molar-refractivity contribution in [1.29, 1.82) is 0 Å². The number of hydrogen-bond acceptors (Lipinski definition) is 2. The topological polar surface area (TPSA) is 86.2 Å². The molecular formula is C13H18N2O2. The van der Waals surface area contributed by atoms with Gasteiger partial charge in [0.25, 0.3) is 0 Å². The average Bonchev–Trinajstić information content (AvgIpc) is 2.14. The molecule has 0 unspecified atom stereocenters. The molecule has 2 amide bonds. The number of hydrogen-bond donors (Lipinski definition) is 2. The molecule has 0 saturated carbocycles. The third-order valence-electron chi connectivity index (χ3n) is 2.38. The first-order valence-corrected chi connectivity index (χ1v) is 5.43. The van der Waals surface area contributed by atoms with Crippen molar-refractivity contribution in [1.82, 2.24) is 0 Å². The summed E-state index contributed by atoms with van der Waals surface area (Å²) in [5.41, 5.74) is 12.1. The molecular weight excluding hydrogens is 216 g/mol. The smallest absolute Gasteiger partial charge is 0.248 e. The van der Waals surface area contributed by atoms with Crippen LogP contribution in [0.3, 0.4) is 0 Å². The van der Waals surface area contributed by atoms with Crippen molar-refractivity contribution in [3.8, 4) is 0 Å². The van der Waals surface area contributed by atoms with Gasteiger partial charge in [0.05, 0.1) is 0 Å². The molecule has 0 saturated heterocycles. The Kier molecular flexibility index (Phi) is 3.56. The highest BCUT2D eigenvalue weighted by Gasteiger charge is 2.17. The Morgan fingerprint density at radius 2 is 1.71 bits per heavy atom. The Morgan fingerprint density at radius 3 is 2.12 bits per heavy atom. The lowest BCUT2D eigenvalue weighted by molar-refractivity contribution is 0.0987. The summed E-state index contributed by atoms with van der Waals surface area (Å²) in [6.45, 7) is 6.15. The number of rotatable bonds is 3. The van der Waals surface area contributed by atoms with Crippen LogP contribution >= 0.6 is 0 Å². The minimum Gasteiger partial charge on any atom is -0.366 e. The highest BCUT2D eigenvalue weighted by atomic mass is 16.1. The van der Waals surface area contributed by atoms with Gasteiger partial charge in [0.1, 0.15) is 0 Å². The van der Waals surface area contributed by atoms with Crippen LogP contribution in [0.2, 0.25) is 0 Å². The summed E-state index contributed by atoms with van der Waals surface area (Å²) in [5, 5.41) is 0. The molecule has 0 atom stereocenters. The molecule has 1 aromatic rings. The Balaban J connectivity index is 3.25. The van der Waals surface area contributed by atoms with E-state index in [9.17, 15) is 9.59 Å². The van der Waals surface area contributed by atoms with Crippen molar-refractivity contribution in [3.05, 3.63) is 34.9 Å². The van der Waals surface area contributed by atoms with Crippen LogP contribution in [0.15, 0.2) is 18.2 Å². The van der Waals surface area contributed by atoms with E-state index in [1.54, 1.807) is 12.1 Å². The monoisotopic (exact) mass is 234 g/mol. The van der Waals surface area contributed by atoms with Gasteiger partial charge in [0.15, 0.2) is 0 Å². The van der Waals surface area contributed by atoms with Crippen LogP contribution in [-0.2, 0) is 6.42 Å². The minimum absolute atomic E-state index is 0.000466. The van der Waals surface area contributed by atoms with E-state index in [0.29, 0.717) is 17.5 Å². The molecule has 4 heteroatoms. The predicted octanol–water partition coefficient (Wildman–Crippen LogP) is 1.47. The zero-order valence-electron chi connectivity index (χ0n) is 10.4. The normalized spacial score (nSPS) is 11.2. The van der Waals surface area contributed by atoms with E-state index in [1.807, 2.05) is 0 Å². The Bertz CT molecular complexity index is 459. The summed E-state index contributed by atoms with van der Waals surface area (Å²) >= 11 is 0. The van der Waals surface area contributed by atoms with Crippen molar-refractivity contribution in [2.75, 3.05) is 0 Å². The first kappa shape index (κ1) is 13.2. The quantitative estimate of drug-likeness (QED) is 0.829. The second-order valence-electron chi connectivity index (χ2n) is 5.34. The Hall–Kier alpha value is -1.84. The second-order valence-corrected chi connectivity index (χ2v) is 5.34. The number of carbonyl (C=O) groups excluding carboxylic acids is 2. The lowest BCUT2D eigenvalue weighted by Gasteiger charge is -2.20. The van der Waals surface area contributed by atoms with Crippen molar-refractivity contribution in [2.24, 2.45) is 16.9 Å². The summed E-state index contributed by atoms with van der Waals surface area (Å²) in [4.78, 5) is 22.4. The van der Waals surface area contributed by atoms with Crippen molar-refractivity contribution < 1.29 is 9.59 Å². The fourth-order valence-electron chi connectivity index (χ4n) is 1.70. The molecule has 0 aromatic heterocycles. The van der Waals surface area contributed by atoms with E-state index in [-0.39, 0.29) is 5.41 Å². The summed E-state index contributed by atoms with van der Waals surface area (Å²) in [6.07, 6.45) is 0.659. The van der Waals surface area contributed by atoms with Gasteiger partial charge >= 0.3 is 0 Å². The van der Waals surface area contributed by atoms with Crippen LogP contribution in [0.1, 0.15) is 47.1 Å². The maximum absolute atomic E-state index is 11.3. The number of carbonyl (C=O) groups is 2. The van der Waals surface area contributed by atoms with Gasteiger partial charge in [-0.2, -0.15) is 0 Å². The number of amides is 2. The number of benzene rings is 1.